The number of amides is 1. The SMILES string of the molecule is CC(C)C(=O)NC(=S)Nc1cccc2ccccc12. The molecule has 0 unspecified atom stereocenters. The molecule has 2 N–H and O–H groups in total. The van der Waals surface area contributed by atoms with Gasteiger partial charge in [0.1, 0.15) is 0 Å². The van der Waals surface area contributed by atoms with E-state index in [9.17, 15) is 4.79 Å². The number of rotatable bonds is 2. The van der Waals surface area contributed by atoms with Crippen LogP contribution in [0, 0.1) is 5.92 Å². The van der Waals surface area contributed by atoms with Gasteiger partial charge in [0.05, 0.1) is 0 Å². The Balaban J connectivity index is 2.18. The summed E-state index contributed by atoms with van der Waals surface area (Å²) >= 11 is 5.15. The van der Waals surface area contributed by atoms with Gasteiger partial charge in [-0.25, -0.2) is 0 Å². The summed E-state index contributed by atoms with van der Waals surface area (Å²) in [5.74, 6) is -0.176. The molecule has 3 nitrogen and oxygen atoms in total. The maximum Gasteiger partial charge on any atom is 0.228 e. The smallest absolute Gasteiger partial charge is 0.228 e. The van der Waals surface area contributed by atoms with Gasteiger partial charge in [-0.2, -0.15) is 0 Å². The monoisotopic (exact) mass is 272 g/mol. The molecule has 2 rings (SSSR count). The highest BCUT2D eigenvalue weighted by atomic mass is 32.1. The Bertz CT molecular complexity index is 617. The van der Waals surface area contributed by atoms with Crippen molar-refractivity contribution < 1.29 is 4.79 Å². The molecule has 0 saturated carbocycles. The van der Waals surface area contributed by atoms with Crippen LogP contribution in [-0.4, -0.2) is 11.0 Å². The maximum atomic E-state index is 11.6. The van der Waals surface area contributed by atoms with E-state index in [2.05, 4.69) is 10.6 Å². The summed E-state index contributed by atoms with van der Waals surface area (Å²) in [6.07, 6.45) is 0. The summed E-state index contributed by atoms with van der Waals surface area (Å²) in [7, 11) is 0. The fourth-order valence-corrected chi connectivity index (χ4v) is 1.95. The van der Waals surface area contributed by atoms with Crippen LogP contribution in [0.3, 0.4) is 0 Å². The number of hydrogen-bond donors (Lipinski definition) is 2. The fraction of sp³-hybridized carbons (Fsp3) is 0.200. The molecule has 0 aliphatic heterocycles. The van der Waals surface area contributed by atoms with Gasteiger partial charge in [-0.05, 0) is 23.7 Å². The van der Waals surface area contributed by atoms with Gasteiger partial charge in [0.25, 0.3) is 0 Å². The largest absolute Gasteiger partial charge is 0.332 e. The van der Waals surface area contributed by atoms with Crippen molar-refractivity contribution in [3.05, 3.63) is 42.5 Å². The van der Waals surface area contributed by atoms with E-state index in [-0.39, 0.29) is 11.8 Å². The molecule has 4 heteroatoms. The number of benzene rings is 2. The molecular weight excluding hydrogens is 256 g/mol. The predicted molar refractivity (Wildman–Crippen MR) is 83.1 cm³/mol. The van der Waals surface area contributed by atoms with E-state index < -0.39 is 0 Å². The van der Waals surface area contributed by atoms with Gasteiger partial charge in [-0.3, -0.25) is 4.79 Å². The summed E-state index contributed by atoms with van der Waals surface area (Å²) in [4.78, 5) is 11.6. The van der Waals surface area contributed by atoms with E-state index in [0.29, 0.717) is 5.11 Å². The van der Waals surface area contributed by atoms with E-state index in [1.165, 1.54) is 0 Å². The molecule has 0 aromatic heterocycles. The maximum absolute atomic E-state index is 11.6. The second kappa shape index (κ2) is 5.80. The number of carbonyl (C=O) groups is 1. The molecule has 2 aromatic rings. The average molecular weight is 272 g/mol. The quantitative estimate of drug-likeness (QED) is 0.824. The van der Waals surface area contributed by atoms with E-state index in [1.807, 2.05) is 56.3 Å². The first-order valence-corrected chi connectivity index (χ1v) is 6.58. The second-order valence-corrected chi connectivity index (χ2v) is 5.03. The molecule has 0 atom stereocenters. The van der Waals surface area contributed by atoms with Crippen LogP contribution < -0.4 is 10.6 Å². The molecule has 19 heavy (non-hydrogen) atoms. The molecule has 98 valence electrons. The van der Waals surface area contributed by atoms with Crippen LogP contribution in [-0.2, 0) is 4.79 Å². The molecule has 0 aliphatic rings. The van der Waals surface area contributed by atoms with E-state index in [1.54, 1.807) is 0 Å². The van der Waals surface area contributed by atoms with Gasteiger partial charge in [-0.1, -0.05) is 50.2 Å². The number of carbonyl (C=O) groups excluding carboxylic acids is 1. The third kappa shape index (κ3) is 3.29. The van der Waals surface area contributed by atoms with Gasteiger partial charge in [0.15, 0.2) is 5.11 Å². The molecule has 2 aromatic carbocycles. The Morgan fingerprint density at radius 3 is 2.53 bits per heavy atom. The number of fused-ring (bicyclic) bond motifs is 1. The second-order valence-electron chi connectivity index (χ2n) is 4.62. The van der Waals surface area contributed by atoms with Crippen LogP contribution in [0.1, 0.15) is 13.8 Å². The normalized spacial score (nSPS) is 10.5. The summed E-state index contributed by atoms with van der Waals surface area (Å²) in [5, 5.41) is 8.28. The van der Waals surface area contributed by atoms with Crippen molar-refractivity contribution in [1.29, 1.82) is 0 Å². The van der Waals surface area contributed by atoms with E-state index >= 15 is 0 Å². The van der Waals surface area contributed by atoms with Crippen molar-refractivity contribution in [2.75, 3.05) is 5.32 Å². The first-order chi connectivity index (χ1) is 9.08. The third-order valence-electron chi connectivity index (χ3n) is 2.80. The van der Waals surface area contributed by atoms with Gasteiger partial charge >= 0.3 is 0 Å². The molecule has 0 fully saturated rings. The molecule has 0 heterocycles. The van der Waals surface area contributed by atoms with Crippen LogP contribution >= 0.6 is 12.2 Å². The summed E-state index contributed by atoms with van der Waals surface area (Å²) in [5.41, 5.74) is 0.896. The van der Waals surface area contributed by atoms with Crippen molar-refractivity contribution in [2.45, 2.75) is 13.8 Å². The summed E-state index contributed by atoms with van der Waals surface area (Å²) in [6.45, 7) is 3.66. The average Bonchev–Trinajstić information content (AvgIpc) is 2.39. The highest BCUT2D eigenvalue weighted by molar-refractivity contribution is 7.80. The summed E-state index contributed by atoms with van der Waals surface area (Å²) in [6, 6.07) is 14.0. The van der Waals surface area contributed by atoms with Crippen molar-refractivity contribution in [2.24, 2.45) is 5.92 Å². The highest BCUT2D eigenvalue weighted by Crippen LogP contribution is 2.22. The lowest BCUT2D eigenvalue weighted by Crippen LogP contribution is -2.36. The highest BCUT2D eigenvalue weighted by Gasteiger charge is 2.09. The third-order valence-corrected chi connectivity index (χ3v) is 3.00. The predicted octanol–water partition coefficient (Wildman–Crippen LogP) is 3.31. The molecule has 0 aliphatic carbocycles. The zero-order chi connectivity index (χ0) is 13.8. The molecule has 0 saturated heterocycles. The van der Waals surface area contributed by atoms with Crippen molar-refractivity contribution in [3.8, 4) is 0 Å². The molecule has 1 amide bonds. The van der Waals surface area contributed by atoms with Crippen LogP contribution in [0.4, 0.5) is 5.69 Å². The number of hydrogen-bond acceptors (Lipinski definition) is 2. The lowest BCUT2D eigenvalue weighted by atomic mass is 10.1. The number of thiocarbonyl (C=S) groups is 1. The van der Waals surface area contributed by atoms with Crippen LogP contribution in [0.25, 0.3) is 10.8 Å². The Labute approximate surface area is 118 Å². The van der Waals surface area contributed by atoms with Crippen molar-refractivity contribution in [3.63, 3.8) is 0 Å². The lowest BCUT2D eigenvalue weighted by Gasteiger charge is -2.12. The Hall–Kier alpha value is -1.94. The zero-order valence-electron chi connectivity index (χ0n) is 10.9. The Morgan fingerprint density at radius 1 is 1.11 bits per heavy atom. The molecule has 0 spiro atoms. The van der Waals surface area contributed by atoms with E-state index in [0.717, 1.165) is 16.5 Å². The lowest BCUT2D eigenvalue weighted by molar-refractivity contribution is -0.122. The Kier molecular flexibility index (Phi) is 4.12. The van der Waals surface area contributed by atoms with Crippen molar-refractivity contribution >= 4 is 39.7 Å². The van der Waals surface area contributed by atoms with E-state index in [4.69, 9.17) is 12.2 Å². The standard InChI is InChI=1S/C15H16N2OS/c1-10(2)14(18)17-15(19)16-13-9-5-7-11-6-3-4-8-12(11)13/h3-10H,1-2H3,(H2,16,17,18,19). The minimum atomic E-state index is -0.0905. The van der Waals surface area contributed by atoms with Crippen LogP contribution in [0.5, 0.6) is 0 Å². The minimum Gasteiger partial charge on any atom is -0.332 e. The van der Waals surface area contributed by atoms with Crippen LogP contribution in [0.2, 0.25) is 0 Å². The summed E-state index contributed by atoms with van der Waals surface area (Å²) < 4.78 is 0. The fourth-order valence-electron chi connectivity index (χ4n) is 1.74. The first-order valence-electron chi connectivity index (χ1n) is 6.17. The number of nitrogens with one attached hydrogen (secondary N) is 2. The topological polar surface area (TPSA) is 41.1 Å². The minimum absolute atomic E-state index is 0.0854. The molecule has 0 radical (unpaired) electrons. The van der Waals surface area contributed by atoms with Gasteiger partial charge in [0, 0.05) is 17.0 Å². The van der Waals surface area contributed by atoms with Gasteiger partial charge < -0.3 is 10.6 Å². The number of anilines is 1. The zero-order valence-corrected chi connectivity index (χ0v) is 11.8. The van der Waals surface area contributed by atoms with Gasteiger partial charge in [0.2, 0.25) is 5.91 Å². The molecule has 0 bridgehead atoms. The molecular formula is C15H16N2OS. The van der Waals surface area contributed by atoms with Gasteiger partial charge in [-0.15, -0.1) is 0 Å². The first kappa shape index (κ1) is 13.5. The van der Waals surface area contributed by atoms with Crippen LogP contribution in [0.15, 0.2) is 42.5 Å². The Morgan fingerprint density at radius 2 is 1.79 bits per heavy atom. The van der Waals surface area contributed by atoms with Crippen molar-refractivity contribution in [1.82, 2.24) is 5.32 Å².